The molecule has 0 fully saturated rings. The second-order valence-electron chi connectivity index (χ2n) is 4.47. The molecule has 0 atom stereocenters. The number of benzene rings is 1. The van der Waals surface area contributed by atoms with Crippen LogP contribution < -0.4 is 4.74 Å². The Morgan fingerprint density at radius 1 is 1.04 bits per heavy atom. The van der Waals surface area contributed by atoms with E-state index in [-0.39, 0.29) is 0 Å². The fraction of sp³-hybridized carbons (Fsp3) is 0.222. The molecule has 0 saturated heterocycles. The van der Waals surface area contributed by atoms with E-state index < -0.39 is 0 Å². The number of H-pyrrole nitrogens is 1. The molecular weight excluding hydrogens is 306 g/mol. The molecule has 1 N–H and O–H groups in total. The van der Waals surface area contributed by atoms with Gasteiger partial charge in [-0.25, -0.2) is 4.98 Å². The van der Waals surface area contributed by atoms with Gasteiger partial charge in [-0.2, -0.15) is 0 Å². The Bertz CT molecular complexity index is 679. The standard InChI is InChI=1S/C16H15N3OS.C2H6/c1-21-15-7-4-13(18-8-15)10-20-14-5-2-12(3-6-14)16-9-17-11-19-16;1-2/h2-9,11H,10H2,1H3,(H,17,19);1-2H3. The molecular formula is C18H21N3OS. The molecule has 4 nitrogen and oxygen atoms in total. The van der Waals surface area contributed by atoms with Crippen LogP contribution in [0.15, 0.2) is 60.0 Å². The van der Waals surface area contributed by atoms with Gasteiger partial charge in [0, 0.05) is 11.1 Å². The minimum Gasteiger partial charge on any atom is -0.487 e. The number of thioether (sulfide) groups is 1. The van der Waals surface area contributed by atoms with E-state index in [2.05, 4.69) is 21.0 Å². The molecule has 2 aromatic heterocycles. The Balaban J connectivity index is 0.000000924. The van der Waals surface area contributed by atoms with Crippen molar-refractivity contribution in [1.29, 1.82) is 0 Å². The van der Waals surface area contributed by atoms with Crippen LogP contribution in [0.5, 0.6) is 5.75 Å². The van der Waals surface area contributed by atoms with Crippen LogP contribution in [0.2, 0.25) is 0 Å². The maximum absolute atomic E-state index is 5.74. The van der Waals surface area contributed by atoms with Crippen molar-refractivity contribution in [3.8, 4) is 17.0 Å². The molecule has 0 radical (unpaired) electrons. The summed E-state index contributed by atoms with van der Waals surface area (Å²) in [4.78, 5) is 12.6. The van der Waals surface area contributed by atoms with Gasteiger partial charge in [0.1, 0.15) is 12.4 Å². The highest BCUT2D eigenvalue weighted by Gasteiger charge is 2.01. The van der Waals surface area contributed by atoms with Gasteiger partial charge in [0.05, 0.1) is 23.9 Å². The lowest BCUT2D eigenvalue weighted by Crippen LogP contribution is -1.97. The fourth-order valence-corrected chi connectivity index (χ4v) is 2.28. The summed E-state index contributed by atoms with van der Waals surface area (Å²) in [6.07, 6.45) is 7.37. The van der Waals surface area contributed by atoms with Crippen molar-refractivity contribution < 1.29 is 4.74 Å². The molecule has 23 heavy (non-hydrogen) atoms. The summed E-state index contributed by atoms with van der Waals surface area (Å²) in [6.45, 7) is 4.47. The van der Waals surface area contributed by atoms with Gasteiger partial charge in [-0.1, -0.05) is 13.8 Å². The number of pyridine rings is 1. The molecule has 5 heteroatoms. The van der Waals surface area contributed by atoms with Crippen LogP contribution in [0.25, 0.3) is 11.3 Å². The van der Waals surface area contributed by atoms with E-state index >= 15 is 0 Å². The third-order valence-corrected chi connectivity index (χ3v) is 3.80. The number of rotatable bonds is 5. The number of aromatic nitrogens is 3. The van der Waals surface area contributed by atoms with E-state index in [9.17, 15) is 0 Å². The van der Waals surface area contributed by atoms with Crippen LogP contribution in [0.4, 0.5) is 0 Å². The van der Waals surface area contributed by atoms with Crippen molar-refractivity contribution in [1.82, 2.24) is 15.0 Å². The van der Waals surface area contributed by atoms with E-state index in [1.165, 1.54) is 0 Å². The molecule has 120 valence electrons. The number of hydrogen-bond acceptors (Lipinski definition) is 4. The van der Waals surface area contributed by atoms with Crippen molar-refractivity contribution in [2.45, 2.75) is 25.3 Å². The Morgan fingerprint density at radius 3 is 2.39 bits per heavy atom. The second kappa shape index (κ2) is 9.00. The summed E-state index contributed by atoms with van der Waals surface area (Å²) < 4.78 is 5.74. The van der Waals surface area contributed by atoms with E-state index in [0.717, 1.165) is 27.6 Å². The van der Waals surface area contributed by atoms with E-state index in [1.807, 2.05) is 56.6 Å². The zero-order chi connectivity index (χ0) is 16.5. The van der Waals surface area contributed by atoms with E-state index in [4.69, 9.17) is 4.74 Å². The number of aromatic amines is 1. The Kier molecular flexibility index (Phi) is 6.69. The first-order valence-corrected chi connectivity index (χ1v) is 8.78. The monoisotopic (exact) mass is 327 g/mol. The van der Waals surface area contributed by atoms with Gasteiger partial charge < -0.3 is 9.72 Å². The quantitative estimate of drug-likeness (QED) is 0.684. The Hall–Kier alpha value is -2.27. The highest BCUT2D eigenvalue weighted by atomic mass is 32.2. The lowest BCUT2D eigenvalue weighted by Gasteiger charge is -2.07. The van der Waals surface area contributed by atoms with Gasteiger partial charge in [-0.3, -0.25) is 4.98 Å². The summed E-state index contributed by atoms with van der Waals surface area (Å²) in [6, 6.07) is 12.0. The number of ether oxygens (including phenoxy) is 1. The van der Waals surface area contributed by atoms with Crippen LogP contribution in [0.3, 0.4) is 0 Å². The second-order valence-corrected chi connectivity index (χ2v) is 5.35. The molecule has 0 aliphatic heterocycles. The topological polar surface area (TPSA) is 50.8 Å². The molecule has 0 spiro atoms. The number of hydrogen-bond donors (Lipinski definition) is 1. The first-order chi connectivity index (χ1) is 11.3. The van der Waals surface area contributed by atoms with Crippen LogP contribution >= 0.6 is 11.8 Å². The summed E-state index contributed by atoms with van der Waals surface area (Å²) >= 11 is 1.68. The van der Waals surface area contributed by atoms with Gasteiger partial charge in [0.2, 0.25) is 0 Å². The van der Waals surface area contributed by atoms with Crippen molar-refractivity contribution in [2.75, 3.05) is 6.26 Å². The fourth-order valence-electron chi connectivity index (χ4n) is 1.92. The predicted molar refractivity (Wildman–Crippen MR) is 95.7 cm³/mol. The zero-order valence-corrected chi connectivity index (χ0v) is 14.4. The predicted octanol–water partition coefficient (Wildman–Crippen LogP) is 4.80. The SMILES string of the molecule is CC.CSc1ccc(COc2ccc(-c3cnc[nH]3)cc2)nc1. The van der Waals surface area contributed by atoms with Gasteiger partial charge in [-0.15, -0.1) is 11.8 Å². The third-order valence-electron chi connectivity index (χ3n) is 3.08. The van der Waals surface area contributed by atoms with Crippen molar-refractivity contribution in [3.63, 3.8) is 0 Å². The molecule has 1 aromatic carbocycles. The van der Waals surface area contributed by atoms with Crippen LogP contribution in [-0.4, -0.2) is 21.2 Å². The molecule has 0 unspecified atom stereocenters. The van der Waals surface area contributed by atoms with Gasteiger partial charge >= 0.3 is 0 Å². The highest BCUT2D eigenvalue weighted by Crippen LogP contribution is 2.21. The molecule has 0 aliphatic rings. The van der Waals surface area contributed by atoms with Crippen molar-refractivity contribution in [2.24, 2.45) is 0 Å². The largest absolute Gasteiger partial charge is 0.487 e. The Labute approximate surface area is 141 Å². The normalized spacial score (nSPS) is 9.87. The zero-order valence-electron chi connectivity index (χ0n) is 13.6. The lowest BCUT2D eigenvalue weighted by molar-refractivity contribution is 0.301. The van der Waals surface area contributed by atoms with Crippen LogP contribution in [0.1, 0.15) is 19.5 Å². The molecule has 3 aromatic rings. The summed E-state index contributed by atoms with van der Waals surface area (Å²) in [5, 5.41) is 0. The summed E-state index contributed by atoms with van der Waals surface area (Å²) in [5.74, 6) is 0.828. The first-order valence-electron chi connectivity index (χ1n) is 7.56. The van der Waals surface area contributed by atoms with E-state index in [0.29, 0.717) is 6.61 Å². The van der Waals surface area contributed by atoms with Gasteiger partial charge in [-0.05, 0) is 48.2 Å². The summed E-state index contributed by atoms with van der Waals surface area (Å²) in [7, 11) is 0. The molecule has 2 heterocycles. The average Bonchev–Trinajstić information content (AvgIpc) is 3.17. The number of nitrogens with one attached hydrogen (secondary N) is 1. The third kappa shape index (κ3) is 4.86. The Morgan fingerprint density at radius 2 is 1.83 bits per heavy atom. The number of nitrogens with zero attached hydrogens (tertiary/aromatic N) is 2. The maximum Gasteiger partial charge on any atom is 0.130 e. The van der Waals surface area contributed by atoms with Crippen LogP contribution in [0, 0.1) is 0 Å². The van der Waals surface area contributed by atoms with Crippen LogP contribution in [-0.2, 0) is 6.61 Å². The molecule has 0 bridgehead atoms. The van der Waals surface area contributed by atoms with Gasteiger partial charge in [0.15, 0.2) is 0 Å². The smallest absolute Gasteiger partial charge is 0.130 e. The average molecular weight is 327 g/mol. The first kappa shape index (κ1) is 17.1. The maximum atomic E-state index is 5.74. The minimum absolute atomic E-state index is 0.470. The highest BCUT2D eigenvalue weighted by molar-refractivity contribution is 7.98. The van der Waals surface area contributed by atoms with E-state index in [1.54, 1.807) is 24.3 Å². The van der Waals surface area contributed by atoms with Crippen molar-refractivity contribution in [3.05, 3.63) is 60.8 Å². The molecule has 0 aliphatic carbocycles. The number of imidazole rings is 1. The molecule has 3 rings (SSSR count). The summed E-state index contributed by atoms with van der Waals surface area (Å²) in [5.41, 5.74) is 3.00. The van der Waals surface area contributed by atoms with Crippen molar-refractivity contribution >= 4 is 11.8 Å². The molecule has 0 saturated carbocycles. The molecule has 0 amide bonds. The van der Waals surface area contributed by atoms with Gasteiger partial charge in [0.25, 0.3) is 0 Å². The lowest BCUT2D eigenvalue weighted by atomic mass is 10.2. The minimum atomic E-state index is 0.470.